The SMILES string of the molecule is O=C(c1ccccc1)C1C2C=CC(O)(C(=O)O2)C1C(=O)c1ccccc1. The zero-order chi connectivity index (χ0) is 18.3. The molecule has 2 heterocycles. The molecule has 26 heavy (non-hydrogen) atoms. The van der Waals surface area contributed by atoms with E-state index in [0.717, 1.165) is 0 Å². The van der Waals surface area contributed by atoms with Gasteiger partial charge in [0.15, 0.2) is 17.2 Å². The van der Waals surface area contributed by atoms with Crippen molar-refractivity contribution < 1.29 is 24.2 Å². The Balaban J connectivity index is 1.81. The number of ether oxygens (including phenoxy) is 1. The number of benzene rings is 2. The topological polar surface area (TPSA) is 80.7 Å². The molecule has 1 N–H and O–H groups in total. The Bertz CT molecular complexity index is 903. The minimum atomic E-state index is -2.14. The second-order valence-electron chi connectivity index (χ2n) is 6.52. The normalized spacial score (nSPS) is 29.3. The molecule has 0 aromatic heterocycles. The van der Waals surface area contributed by atoms with Gasteiger partial charge in [-0.25, -0.2) is 4.79 Å². The molecule has 2 bridgehead atoms. The number of rotatable bonds is 4. The number of carbonyl (C=O) groups excluding carboxylic acids is 3. The molecule has 0 amide bonds. The molecule has 1 saturated heterocycles. The lowest BCUT2D eigenvalue weighted by atomic mass is 9.64. The van der Waals surface area contributed by atoms with E-state index in [9.17, 15) is 19.5 Å². The van der Waals surface area contributed by atoms with E-state index >= 15 is 0 Å². The second-order valence-corrected chi connectivity index (χ2v) is 6.52. The van der Waals surface area contributed by atoms with Gasteiger partial charge < -0.3 is 9.84 Å². The van der Waals surface area contributed by atoms with Crippen LogP contribution in [0.2, 0.25) is 0 Å². The highest BCUT2D eigenvalue weighted by Gasteiger charge is 2.62. The Hall–Kier alpha value is -3.05. The standard InChI is InChI=1S/C21H16O5/c22-18(13-7-3-1-4-8-13)16-15-11-12-21(25,20(24)26-15)17(16)19(23)14-9-5-2-6-10-14/h1-12,15-17,25H. The number of ketones is 2. The Morgan fingerprint density at radius 2 is 1.42 bits per heavy atom. The molecule has 2 aromatic rings. The maximum Gasteiger partial charge on any atom is 0.343 e. The second kappa shape index (κ2) is 6.04. The molecule has 4 unspecified atom stereocenters. The van der Waals surface area contributed by atoms with Crippen LogP contribution in [0.4, 0.5) is 0 Å². The van der Waals surface area contributed by atoms with Crippen LogP contribution in [0.25, 0.3) is 0 Å². The highest BCUT2D eigenvalue weighted by molar-refractivity contribution is 6.09. The van der Waals surface area contributed by atoms with Crippen molar-refractivity contribution in [2.45, 2.75) is 11.7 Å². The summed E-state index contributed by atoms with van der Waals surface area (Å²) in [5.41, 5.74) is -1.40. The zero-order valence-corrected chi connectivity index (χ0v) is 13.7. The summed E-state index contributed by atoms with van der Waals surface area (Å²) in [5, 5.41) is 10.9. The minimum absolute atomic E-state index is 0.333. The van der Waals surface area contributed by atoms with E-state index in [-0.39, 0.29) is 5.78 Å². The van der Waals surface area contributed by atoms with Crippen molar-refractivity contribution >= 4 is 17.5 Å². The Labute approximate surface area is 149 Å². The Kier molecular flexibility index (Phi) is 3.81. The molecule has 5 nitrogen and oxygen atoms in total. The molecule has 1 aliphatic carbocycles. The smallest absolute Gasteiger partial charge is 0.343 e. The number of hydrogen-bond donors (Lipinski definition) is 1. The summed E-state index contributed by atoms with van der Waals surface area (Å²) in [4.78, 5) is 38.5. The number of Topliss-reactive ketones (excluding diaryl/α,β-unsaturated/α-hetero) is 2. The molecular formula is C21H16O5. The van der Waals surface area contributed by atoms with Crippen molar-refractivity contribution in [1.29, 1.82) is 0 Å². The van der Waals surface area contributed by atoms with Gasteiger partial charge in [0.25, 0.3) is 0 Å². The monoisotopic (exact) mass is 348 g/mol. The van der Waals surface area contributed by atoms with E-state index < -0.39 is 35.3 Å². The average Bonchev–Trinajstić information content (AvgIpc) is 2.68. The van der Waals surface area contributed by atoms with Crippen LogP contribution in [0.15, 0.2) is 72.8 Å². The number of aliphatic hydroxyl groups is 1. The van der Waals surface area contributed by atoms with Crippen LogP contribution in [-0.4, -0.2) is 34.3 Å². The summed E-state index contributed by atoms with van der Waals surface area (Å²) in [6, 6.07) is 16.9. The van der Waals surface area contributed by atoms with Gasteiger partial charge >= 0.3 is 5.97 Å². The molecule has 5 heteroatoms. The first-order valence-electron chi connectivity index (χ1n) is 8.34. The van der Waals surface area contributed by atoms with E-state index in [1.807, 2.05) is 0 Å². The third-order valence-electron chi connectivity index (χ3n) is 5.00. The third-order valence-corrected chi connectivity index (χ3v) is 5.00. The van der Waals surface area contributed by atoms with Crippen LogP contribution in [-0.2, 0) is 9.53 Å². The summed E-state index contributed by atoms with van der Waals surface area (Å²) in [5.74, 6) is -3.88. The number of hydrogen-bond acceptors (Lipinski definition) is 5. The largest absolute Gasteiger partial charge is 0.455 e. The number of carbonyl (C=O) groups is 3. The fraction of sp³-hybridized carbons (Fsp3) is 0.190. The Morgan fingerprint density at radius 3 is 1.96 bits per heavy atom. The molecule has 5 rings (SSSR count). The highest BCUT2D eigenvalue weighted by Crippen LogP contribution is 2.44. The van der Waals surface area contributed by atoms with Crippen LogP contribution in [0.1, 0.15) is 20.7 Å². The van der Waals surface area contributed by atoms with Gasteiger partial charge in [0.05, 0.1) is 11.8 Å². The maximum atomic E-state index is 13.1. The van der Waals surface area contributed by atoms with Crippen molar-refractivity contribution in [3.63, 3.8) is 0 Å². The van der Waals surface area contributed by atoms with E-state index in [0.29, 0.717) is 11.1 Å². The predicted molar refractivity (Wildman–Crippen MR) is 92.5 cm³/mol. The van der Waals surface area contributed by atoms with Gasteiger partial charge in [0, 0.05) is 11.1 Å². The molecule has 0 radical (unpaired) electrons. The fourth-order valence-electron chi connectivity index (χ4n) is 3.69. The first-order chi connectivity index (χ1) is 12.5. The summed E-state index contributed by atoms with van der Waals surface area (Å²) in [6.45, 7) is 0. The summed E-state index contributed by atoms with van der Waals surface area (Å²) < 4.78 is 5.21. The van der Waals surface area contributed by atoms with Crippen molar-refractivity contribution in [3.8, 4) is 0 Å². The molecule has 0 saturated carbocycles. The zero-order valence-electron chi connectivity index (χ0n) is 13.7. The van der Waals surface area contributed by atoms with Gasteiger partial charge in [-0.1, -0.05) is 60.7 Å². The quantitative estimate of drug-likeness (QED) is 0.520. The lowest BCUT2D eigenvalue weighted by Gasteiger charge is -2.46. The average molecular weight is 348 g/mol. The highest BCUT2D eigenvalue weighted by atomic mass is 16.6. The van der Waals surface area contributed by atoms with E-state index in [2.05, 4.69) is 0 Å². The van der Waals surface area contributed by atoms with E-state index in [1.165, 1.54) is 12.2 Å². The molecule has 0 spiro atoms. The lowest BCUT2D eigenvalue weighted by molar-refractivity contribution is -0.186. The van der Waals surface area contributed by atoms with Gasteiger partial charge in [-0.05, 0) is 12.2 Å². The lowest BCUT2D eigenvalue weighted by Crippen LogP contribution is -2.63. The molecule has 2 aromatic carbocycles. The van der Waals surface area contributed by atoms with Gasteiger partial charge in [-0.2, -0.15) is 0 Å². The summed E-state index contributed by atoms with van der Waals surface area (Å²) in [7, 11) is 0. The Morgan fingerprint density at radius 1 is 0.885 bits per heavy atom. The van der Waals surface area contributed by atoms with Crippen molar-refractivity contribution in [2.24, 2.45) is 11.8 Å². The predicted octanol–water partition coefficient (Wildman–Crippen LogP) is 2.21. The minimum Gasteiger partial charge on any atom is -0.455 e. The van der Waals surface area contributed by atoms with Crippen LogP contribution in [0, 0.1) is 11.8 Å². The molecule has 4 atom stereocenters. The third kappa shape index (κ3) is 2.40. The number of fused-ring (bicyclic) bond motifs is 2. The summed E-state index contributed by atoms with van der Waals surface area (Å²) >= 11 is 0. The first-order valence-corrected chi connectivity index (χ1v) is 8.34. The van der Waals surface area contributed by atoms with Crippen molar-refractivity contribution in [3.05, 3.63) is 83.9 Å². The van der Waals surface area contributed by atoms with Gasteiger partial charge in [0.1, 0.15) is 6.10 Å². The van der Waals surface area contributed by atoms with Crippen molar-refractivity contribution in [1.82, 2.24) is 0 Å². The van der Waals surface area contributed by atoms with E-state index in [1.54, 1.807) is 60.7 Å². The molecule has 130 valence electrons. The van der Waals surface area contributed by atoms with Crippen LogP contribution in [0.5, 0.6) is 0 Å². The van der Waals surface area contributed by atoms with Gasteiger partial charge in [-0.15, -0.1) is 0 Å². The molecule has 2 aliphatic heterocycles. The van der Waals surface area contributed by atoms with Gasteiger partial charge in [-0.3, -0.25) is 9.59 Å². The molecule has 3 aliphatic rings. The van der Waals surface area contributed by atoms with Crippen molar-refractivity contribution in [2.75, 3.05) is 0 Å². The van der Waals surface area contributed by atoms with Crippen LogP contribution >= 0.6 is 0 Å². The fourth-order valence-corrected chi connectivity index (χ4v) is 3.69. The van der Waals surface area contributed by atoms with Crippen LogP contribution in [0.3, 0.4) is 0 Å². The van der Waals surface area contributed by atoms with E-state index in [4.69, 9.17) is 4.74 Å². The van der Waals surface area contributed by atoms with Gasteiger partial charge in [0.2, 0.25) is 0 Å². The van der Waals surface area contributed by atoms with Crippen LogP contribution < -0.4 is 0 Å². The first kappa shape index (κ1) is 16.4. The summed E-state index contributed by atoms with van der Waals surface area (Å²) in [6.07, 6.45) is 1.90. The molecule has 1 fully saturated rings. The number of esters is 1. The molecular weight excluding hydrogens is 332 g/mol. The maximum absolute atomic E-state index is 13.1.